The summed E-state index contributed by atoms with van der Waals surface area (Å²) in [6.07, 6.45) is 0. The van der Waals surface area contributed by atoms with E-state index in [1.807, 2.05) is 0 Å². The number of nitrogens with zero attached hydrogens (tertiary/aromatic N) is 3. The molecule has 11 heteroatoms. The van der Waals surface area contributed by atoms with Crippen molar-refractivity contribution in [1.29, 1.82) is 0 Å². The summed E-state index contributed by atoms with van der Waals surface area (Å²) < 4.78 is 4.63. The van der Waals surface area contributed by atoms with Crippen molar-refractivity contribution in [1.82, 2.24) is 20.2 Å². The van der Waals surface area contributed by atoms with Crippen LogP contribution in [-0.2, 0) is 9.53 Å². The summed E-state index contributed by atoms with van der Waals surface area (Å²) in [7, 11) is 1.28. The van der Waals surface area contributed by atoms with Crippen LogP contribution >= 0.6 is 23.1 Å². The fourth-order valence-corrected chi connectivity index (χ4v) is 3.18. The molecule has 0 aliphatic carbocycles. The van der Waals surface area contributed by atoms with Gasteiger partial charge in [-0.3, -0.25) is 4.79 Å². The van der Waals surface area contributed by atoms with Gasteiger partial charge < -0.3 is 10.1 Å². The lowest BCUT2D eigenvalue weighted by atomic mass is 10.4. The molecule has 23 heavy (non-hydrogen) atoms. The van der Waals surface area contributed by atoms with Gasteiger partial charge in [0.05, 0.1) is 24.3 Å². The first-order valence-electron chi connectivity index (χ1n) is 6.32. The molecule has 2 heterocycles. The van der Waals surface area contributed by atoms with Gasteiger partial charge in [-0.25, -0.2) is 19.7 Å². The number of H-pyrrole nitrogens is 1. The van der Waals surface area contributed by atoms with Crippen LogP contribution < -0.4 is 11.0 Å². The van der Waals surface area contributed by atoms with Crippen LogP contribution in [0.3, 0.4) is 0 Å². The van der Waals surface area contributed by atoms with Gasteiger partial charge in [0.1, 0.15) is 9.90 Å². The van der Waals surface area contributed by atoms with Crippen LogP contribution in [0.15, 0.2) is 9.82 Å². The Morgan fingerprint density at radius 2 is 2.04 bits per heavy atom. The molecule has 122 valence electrons. The second kappa shape index (κ2) is 7.33. The molecular formula is C12H13N5O4S2. The molecule has 0 fully saturated rings. The minimum absolute atomic E-state index is 0.0329. The van der Waals surface area contributed by atoms with Gasteiger partial charge in [0.15, 0.2) is 5.13 Å². The average Bonchev–Trinajstić information content (AvgIpc) is 2.87. The number of carbonyl (C=O) groups excluding carboxylic acids is 2. The van der Waals surface area contributed by atoms with E-state index < -0.39 is 11.7 Å². The average molecular weight is 355 g/mol. The Kier molecular flexibility index (Phi) is 5.45. The summed E-state index contributed by atoms with van der Waals surface area (Å²) in [5, 5.41) is 9.26. The number of carbonyl (C=O) groups is 2. The van der Waals surface area contributed by atoms with Gasteiger partial charge in [0.2, 0.25) is 5.91 Å². The number of aryl methyl sites for hydroxylation is 2. The highest BCUT2D eigenvalue weighted by Crippen LogP contribution is 2.24. The Bertz CT molecular complexity index is 801. The van der Waals surface area contributed by atoms with E-state index in [2.05, 4.69) is 30.2 Å². The Balaban J connectivity index is 1.99. The largest absolute Gasteiger partial charge is 0.465 e. The summed E-state index contributed by atoms with van der Waals surface area (Å²) in [5.74, 6) is -0.795. The summed E-state index contributed by atoms with van der Waals surface area (Å²) in [6.45, 7) is 3.33. The molecular weight excluding hydrogens is 342 g/mol. The molecule has 0 saturated carbocycles. The zero-order valence-electron chi connectivity index (χ0n) is 12.5. The number of thioether (sulfide) groups is 1. The van der Waals surface area contributed by atoms with E-state index in [1.54, 1.807) is 13.8 Å². The Morgan fingerprint density at radius 3 is 2.74 bits per heavy atom. The molecule has 0 atom stereocenters. The maximum absolute atomic E-state index is 11.9. The molecule has 0 aliphatic heterocycles. The summed E-state index contributed by atoms with van der Waals surface area (Å²) in [4.78, 5) is 42.7. The van der Waals surface area contributed by atoms with Crippen LogP contribution in [0.5, 0.6) is 0 Å². The number of nitrogens with one attached hydrogen (secondary N) is 2. The van der Waals surface area contributed by atoms with E-state index in [1.165, 1.54) is 7.11 Å². The van der Waals surface area contributed by atoms with E-state index in [0.717, 1.165) is 23.1 Å². The van der Waals surface area contributed by atoms with Gasteiger partial charge in [0.25, 0.3) is 0 Å². The zero-order chi connectivity index (χ0) is 17.0. The van der Waals surface area contributed by atoms with Crippen molar-refractivity contribution >= 4 is 40.1 Å². The minimum atomic E-state index is -0.572. The lowest BCUT2D eigenvalue weighted by Gasteiger charge is -2.02. The second-order valence-corrected chi connectivity index (χ2v) is 6.26. The fourth-order valence-electron chi connectivity index (χ4n) is 1.54. The van der Waals surface area contributed by atoms with Crippen LogP contribution in [0.25, 0.3) is 0 Å². The number of methoxy groups -OCH3 is 1. The van der Waals surface area contributed by atoms with Crippen molar-refractivity contribution in [3.8, 4) is 0 Å². The predicted molar refractivity (Wildman–Crippen MR) is 84.9 cm³/mol. The first-order valence-corrected chi connectivity index (χ1v) is 8.12. The van der Waals surface area contributed by atoms with Crippen LogP contribution in [0.2, 0.25) is 0 Å². The van der Waals surface area contributed by atoms with Crippen LogP contribution in [0.4, 0.5) is 5.13 Å². The van der Waals surface area contributed by atoms with Crippen LogP contribution in [0, 0.1) is 13.8 Å². The van der Waals surface area contributed by atoms with Gasteiger partial charge in [-0.05, 0) is 13.8 Å². The molecule has 2 aromatic rings. The molecule has 0 spiro atoms. The molecule has 2 N–H and O–H groups in total. The molecule has 0 saturated heterocycles. The van der Waals surface area contributed by atoms with Crippen LogP contribution in [-0.4, -0.2) is 44.9 Å². The third kappa shape index (κ3) is 4.36. The first-order chi connectivity index (χ1) is 10.9. The number of hydrogen-bond donors (Lipinski definition) is 2. The number of amides is 1. The molecule has 0 aromatic carbocycles. The van der Waals surface area contributed by atoms with Crippen molar-refractivity contribution in [2.45, 2.75) is 18.9 Å². The van der Waals surface area contributed by atoms with E-state index in [4.69, 9.17) is 0 Å². The van der Waals surface area contributed by atoms with Crippen molar-refractivity contribution in [2.75, 3.05) is 18.2 Å². The number of aromatic amines is 1. The monoisotopic (exact) mass is 355 g/mol. The van der Waals surface area contributed by atoms with Crippen molar-refractivity contribution < 1.29 is 14.3 Å². The van der Waals surface area contributed by atoms with Crippen molar-refractivity contribution in [2.24, 2.45) is 0 Å². The van der Waals surface area contributed by atoms with Gasteiger partial charge >= 0.3 is 11.7 Å². The lowest BCUT2D eigenvalue weighted by molar-refractivity contribution is -0.113. The topological polar surface area (TPSA) is 127 Å². The number of aromatic nitrogens is 4. The fraction of sp³-hybridized carbons (Fsp3) is 0.333. The Morgan fingerprint density at radius 1 is 1.30 bits per heavy atom. The van der Waals surface area contributed by atoms with Gasteiger partial charge in [-0.2, -0.15) is 10.1 Å². The maximum Gasteiger partial charge on any atom is 0.362 e. The minimum Gasteiger partial charge on any atom is -0.465 e. The number of anilines is 1. The number of hydrogen-bond acceptors (Lipinski definition) is 9. The highest BCUT2D eigenvalue weighted by molar-refractivity contribution is 8.00. The van der Waals surface area contributed by atoms with Crippen molar-refractivity contribution in [3.63, 3.8) is 0 Å². The first kappa shape index (κ1) is 17.1. The summed E-state index contributed by atoms with van der Waals surface area (Å²) in [6, 6.07) is 0. The Labute approximate surface area is 138 Å². The molecule has 1 amide bonds. The van der Waals surface area contributed by atoms with Gasteiger partial charge in [0, 0.05) is 0 Å². The maximum atomic E-state index is 11.9. The number of thiazole rings is 1. The molecule has 0 bridgehead atoms. The molecule has 2 aromatic heterocycles. The lowest BCUT2D eigenvalue weighted by Crippen LogP contribution is -2.17. The predicted octanol–water partition coefficient (Wildman–Crippen LogP) is 0.756. The normalized spacial score (nSPS) is 10.4. The highest BCUT2D eigenvalue weighted by atomic mass is 32.2. The quantitative estimate of drug-likeness (QED) is 0.594. The molecule has 2 rings (SSSR count). The molecule has 0 unspecified atom stereocenters. The second-order valence-electron chi connectivity index (χ2n) is 4.29. The molecule has 0 radical (unpaired) electrons. The van der Waals surface area contributed by atoms with Crippen molar-refractivity contribution in [3.05, 3.63) is 26.7 Å². The number of ether oxygens (including phenoxy) is 1. The van der Waals surface area contributed by atoms with E-state index in [9.17, 15) is 14.4 Å². The zero-order valence-corrected chi connectivity index (χ0v) is 14.1. The van der Waals surface area contributed by atoms with E-state index >= 15 is 0 Å². The Hall–Kier alpha value is -2.27. The number of rotatable bonds is 5. The summed E-state index contributed by atoms with van der Waals surface area (Å²) >= 11 is 2.13. The smallest absolute Gasteiger partial charge is 0.362 e. The summed E-state index contributed by atoms with van der Waals surface area (Å²) in [5.41, 5.74) is 0.443. The standard InChI is InChI=1S/C12H13N5O4S2/c1-5-8(10(19)21-3)23-12(13-5)14-7(18)4-22-9-6(2)16-17-11(20)15-9/h4H2,1-3H3,(H,13,14,18)(H,15,17,20). The third-order valence-corrected chi connectivity index (χ3v) is 4.71. The molecule has 0 aliphatic rings. The van der Waals surface area contributed by atoms with Crippen LogP contribution in [0.1, 0.15) is 21.1 Å². The number of esters is 1. The molecule has 9 nitrogen and oxygen atoms in total. The van der Waals surface area contributed by atoms with E-state index in [0.29, 0.717) is 26.4 Å². The van der Waals surface area contributed by atoms with Gasteiger partial charge in [-0.1, -0.05) is 23.1 Å². The van der Waals surface area contributed by atoms with E-state index in [-0.39, 0.29) is 11.7 Å². The highest BCUT2D eigenvalue weighted by Gasteiger charge is 2.17. The SMILES string of the molecule is COC(=O)c1sc(NC(=O)CSc2nc(=O)[nH]nc2C)nc1C. The van der Waals surface area contributed by atoms with Gasteiger partial charge in [-0.15, -0.1) is 0 Å². The third-order valence-electron chi connectivity index (χ3n) is 2.59.